The average Bonchev–Trinajstić information content (AvgIpc) is 2.97. The van der Waals surface area contributed by atoms with Gasteiger partial charge in [-0.1, -0.05) is 38.5 Å². The molecule has 1 aliphatic heterocycles. The van der Waals surface area contributed by atoms with Crippen molar-refractivity contribution in [2.75, 3.05) is 19.8 Å². The van der Waals surface area contributed by atoms with Crippen LogP contribution in [-0.2, 0) is 14.3 Å². The van der Waals surface area contributed by atoms with Gasteiger partial charge in [0.05, 0.1) is 6.61 Å². The van der Waals surface area contributed by atoms with Crippen LogP contribution >= 0.6 is 0 Å². The minimum Gasteiger partial charge on any atom is -0.479 e. The molecule has 1 heterocycles. The number of carboxylic acid groups (broad SMARTS) is 1. The van der Waals surface area contributed by atoms with Gasteiger partial charge in [0.2, 0.25) is 0 Å². The van der Waals surface area contributed by atoms with Gasteiger partial charge in [0.15, 0.2) is 5.60 Å². The lowest BCUT2D eigenvalue weighted by Crippen LogP contribution is -2.25. The molecule has 4 nitrogen and oxygen atoms in total. The zero-order chi connectivity index (χ0) is 12.8. The van der Waals surface area contributed by atoms with E-state index in [0.29, 0.717) is 19.6 Å². The molecule has 1 atom stereocenters. The Morgan fingerprint density at radius 2 is 2.00 bits per heavy atom. The first-order chi connectivity index (χ1) is 8.73. The predicted octanol–water partition coefficient (Wildman–Crippen LogP) is 2.61. The van der Waals surface area contributed by atoms with E-state index < -0.39 is 11.6 Å². The van der Waals surface area contributed by atoms with Crippen molar-refractivity contribution in [1.29, 1.82) is 0 Å². The highest BCUT2D eigenvalue weighted by molar-refractivity contribution is 5.80. The summed E-state index contributed by atoms with van der Waals surface area (Å²) in [4.78, 5) is 10.8. The first-order valence-corrected chi connectivity index (χ1v) is 7.18. The van der Waals surface area contributed by atoms with Crippen LogP contribution in [0.15, 0.2) is 0 Å². The second kappa shape index (κ2) is 6.53. The maximum atomic E-state index is 10.8. The third kappa shape index (κ3) is 3.95. The summed E-state index contributed by atoms with van der Waals surface area (Å²) < 4.78 is 10.5. The Hall–Kier alpha value is -0.610. The van der Waals surface area contributed by atoms with E-state index in [1.54, 1.807) is 0 Å². The van der Waals surface area contributed by atoms with Gasteiger partial charge < -0.3 is 14.6 Å². The van der Waals surface area contributed by atoms with Crippen molar-refractivity contribution in [3.05, 3.63) is 0 Å². The SMILES string of the molecule is O=C(O)C1(CCOCCCCC2CCCC2)CO1. The van der Waals surface area contributed by atoms with Crippen LogP contribution in [0, 0.1) is 5.92 Å². The summed E-state index contributed by atoms with van der Waals surface area (Å²) in [6, 6.07) is 0. The maximum Gasteiger partial charge on any atom is 0.338 e. The zero-order valence-corrected chi connectivity index (χ0v) is 11.0. The standard InChI is InChI=1S/C14H24O4/c15-13(16)14(11-18-14)8-10-17-9-4-3-7-12-5-1-2-6-12/h12H,1-11H2,(H,15,16). The number of rotatable bonds is 9. The quantitative estimate of drug-likeness (QED) is 0.509. The third-order valence-electron chi connectivity index (χ3n) is 4.16. The van der Waals surface area contributed by atoms with Gasteiger partial charge in [0, 0.05) is 19.6 Å². The Bertz CT molecular complexity index is 267. The number of carboxylic acids is 1. The Morgan fingerprint density at radius 1 is 1.28 bits per heavy atom. The van der Waals surface area contributed by atoms with Crippen LogP contribution in [0.25, 0.3) is 0 Å². The van der Waals surface area contributed by atoms with Crippen LogP contribution in [0.5, 0.6) is 0 Å². The summed E-state index contributed by atoms with van der Waals surface area (Å²) in [5.41, 5.74) is -0.913. The van der Waals surface area contributed by atoms with Gasteiger partial charge in [-0.05, 0) is 12.3 Å². The molecule has 0 bridgehead atoms. The highest BCUT2D eigenvalue weighted by Crippen LogP contribution is 2.31. The average molecular weight is 256 g/mol. The minimum absolute atomic E-state index is 0.341. The number of unbranched alkanes of at least 4 members (excludes halogenated alkanes) is 1. The smallest absolute Gasteiger partial charge is 0.338 e. The number of aliphatic carboxylic acids is 1. The summed E-state index contributed by atoms with van der Waals surface area (Å²) in [5, 5.41) is 8.89. The molecule has 0 radical (unpaired) electrons. The topological polar surface area (TPSA) is 59.1 Å². The highest BCUT2D eigenvalue weighted by Gasteiger charge is 2.52. The number of epoxide rings is 1. The van der Waals surface area contributed by atoms with Crippen LogP contribution in [0.4, 0.5) is 0 Å². The third-order valence-corrected chi connectivity index (χ3v) is 4.16. The molecule has 0 aromatic rings. The van der Waals surface area contributed by atoms with Crippen molar-refractivity contribution in [2.45, 2.75) is 57.0 Å². The molecule has 2 fully saturated rings. The lowest BCUT2D eigenvalue weighted by atomic mass is 10.0. The fourth-order valence-corrected chi connectivity index (χ4v) is 2.74. The molecule has 1 N–H and O–H groups in total. The van der Waals surface area contributed by atoms with E-state index in [0.717, 1.165) is 18.9 Å². The van der Waals surface area contributed by atoms with Crippen molar-refractivity contribution >= 4 is 5.97 Å². The van der Waals surface area contributed by atoms with Crippen molar-refractivity contribution < 1.29 is 19.4 Å². The second-order valence-electron chi connectivity index (χ2n) is 5.60. The predicted molar refractivity (Wildman–Crippen MR) is 67.6 cm³/mol. The van der Waals surface area contributed by atoms with Crippen LogP contribution in [0.1, 0.15) is 51.4 Å². The molecule has 4 heteroatoms. The van der Waals surface area contributed by atoms with Crippen molar-refractivity contribution in [3.8, 4) is 0 Å². The van der Waals surface area contributed by atoms with Crippen LogP contribution < -0.4 is 0 Å². The largest absolute Gasteiger partial charge is 0.479 e. The van der Waals surface area contributed by atoms with Gasteiger partial charge in [-0.15, -0.1) is 0 Å². The molecule has 0 aromatic heterocycles. The minimum atomic E-state index is -0.913. The summed E-state index contributed by atoms with van der Waals surface area (Å²) >= 11 is 0. The molecule has 2 rings (SSSR count). The molecule has 104 valence electrons. The van der Waals surface area contributed by atoms with Gasteiger partial charge in [0.25, 0.3) is 0 Å². The molecule has 2 aliphatic rings. The first-order valence-electron chi connectivity index (χ1n) is 7.18. The zero-order valence-electron chi connectivity index (χ0n) is 11.0. The Kier molecular flexibility index (Phi) is 5.01. The number of hydrogen-bond donors (Lipinski definition) is 1. The summed E-state index contributed by atoms with van der Waals surface area (Å²) in [6.07, 6.45) is 9.81. The van der Waals surface area contributed by atoms with Gasteiger partial charge in [-0.25, -0.2) is 4.79 Å². The van der Waals surface area contributed by atoms with Gasteiger partial charge in [-0.3, -0.25) is 0 Å². The van der Waals surface area contributed by atoms with Crippen LogP contribution in [-0.4, -0.2) is 36.5 Å². The van der Waals surface area contributed by atoms with Crippen molar-refractivity contribution in [1.82, 2.24) is 0 Å². The molecule has 0 aromatic carbocycles. The Labute approximate surface area is 109 Å². The van der Waals surface area contributed by atoms with E-state index in [2.05, 4.69) is 0 Å². The molecule has 1 unspecified atom stereocenters. The van der Waals surface area contributed by atoms with E-state index in [4.69, 9.17) is 14.6 Å². The highest BCUT2D eigenvalue weighted by atomic mass is 16.6. The summed E-state index contributed by atoms with van der Waals surface area (Å²) in [6.45, 7) is 1.59. The molecule has 1 saturated heterocycles. The monoisotopic (exact) mass is 256 g/mol. The van der Waals surface area contributed by atoms with Crippen molar-refractivity contribution in [3.63, 3.8) is 0 Å². The molecule has 0 spiro atoms. The van der Waals surface area contributed by atoms with Gasteiger partial charge in [-0.2, -0.15) is 0 Å². The molecule has 1 aliphatic carbocycles. The number of ether oxygens (including phenoxy) is 2. The second-order valence-corrected chi connectivity index (χ2v) is 5.60. The van der Waals surface area contributed by atoms with E-state index in [-0.39, 0.29) is 0 Å². The van der Waals surface area contributed by atoms with E-state index in [1.807, 2.05) is 0 Å². The van der Waals surface area contributed by atoms with Crippen LogP contribution in [0.2, 0.25) is 0 Å². The Morgan fingerprint density at radius 3 is 2.61 bits per heavy atom. The molecule has 1 saturated carbocycles. The van der Waals surface area contributed by atoms with E-state index >= 15 is 0 Å². The molecular weight excluding hydrogens is 232 g/mol. The molecular formula is C14H24O4. The van der Waals surface area contributed by atoms with Crippen molar-refractivity contribution in [2.24, 2.45) is 5.92 Å². The van der Waals surface area contributed by atoms with Gasteiger partial charge >= 0.3 is 5.97 Å². The summed E-state index contributed by atoms with van der Waals surface area (Å²) in [5.74, 6) is 0.104. The van der Waals surface area contributed by atoms with E-state index in [1.165, 1.54) is 38.5 Å². The molecule has 0 amide bonds. The fraction of sp³-hybridized carbons (Fsp3) is 0.929. The van der Waals surface area contributed by atoms with Gasteiger partial charge in [0.1, 0.15) is 0 Å². The summed E-state index contributed by atoms with van der Waals surface area (Å²) in [7, 11) is 0. The number of hydrogen-bond acceptors (Lipinski definition) is 3. The normalized spacial score (nSPS) is 27.6. The lowest BCUT2D eigenvalue weighted by Gasteiger charge is -2.09. The van der Waals surface area contributed by atoms with Crippen LogP contribution in [0.3, 0.4) is 0 Å². The lowest BCUT2D eigenvalue weighted by molar-refractivity contribution is -0.144. The molecule has 18 heavy (non-hydrogen) atoms. The fourth-order valence-electron chi connectivity index (χ4n) is 2.74. The maximum absolute atomic E-state index is 10.8. The Balaban J connectivity index is 1.41. The van der Waals surface area contributed by atoms with E-state index in [9.17, 15) is 4.79 Å². The first kappa shape index (κ1) is 13.8. The number of carbonyl (C=O) groups is 1.